The molecular weight excluding hydrogens is 268 g/mol. The quantitative estimate of drug-likeness (QED) is 0.836. The van der Waals surface area contributed by atoms with Crippen LogP contribution in [-0.2, 0) is 9.59 Å². The first-order chi connectivity index (χ1) is 10.1. The van der Waals surface area contributed by atoms with Crippen molar-refractivity contribution in [2.24, 2.45) is 0 Å². The zero-order valence-corrected chi connectivity index (χ0v) is 12.2. The summed E-state index contributed by atoms with van der Waals surface area (Å²) in [6.45, 7) is 3.41. The molecule has 112 valence electrons. The van der Waals surface area contributed by atoms with Crippen LogP contribution in [0.2, 0.25) is 0 Å². The average molecular weight is 288 g/mol. The number of carbonyl (C=O) groups is 2. The van der Waals surface area contributed by atoms with Crippen molar-refractivity contribution in [3.05, 3.63) is 29.8 Å². The van der Waals surface area contributed by atoms with Crippen LogP contribution in [0.15, 0.2) is 24.3 Å². The fourth-order valence-electron chi connectivity index (χ4n) is 2.61. The zero-order valence-electron chi connectivity index (χ0n) is 12.2. The van der Waals surface area contributed by atoms with Gasteiger partial charge in [0.05, 0.1) is 6.54 Å². The molecule has 1 aliphatic heterocycles. The maximum absolute atomic E-state index is 12.1. The number of rotatable bonds is 4. The van der Waals surface area contributed by atoms with Gasteiger partial charge in [-0.15, -0.1) is 0 Å². The van der Waals surface area contributed by atoms with Crippen molar-refractivity contribution in [1.29, 1.82) is 0 Å². The highest BCUT2D eigenvalue weighted by atomic mass is 16.5. The molecule has 1 aromatic carbocycles. The van der Waals surface area contributed by atoms with E-state index in [-0.39, 0.29) is 25.0 Å². The van der Waals surface area contributed by atoms with Gasteiger partial charge in [-0.2, -0.15) is 0 Å². The lowest BCUT2D eigenvalue weighted by molar-refractivity contribution is -0.146. The molecule has 1 aliphatic carbocycles. The lowest BCUT2D eigenvalue weighted by Gasteiger charge is -2.34. The first-order valence-electron chi connectivity index (χ1n) is 7.40. The summed E-state index contributed by atoms with van der Waals surface area (Å²) in [5, 5.41) is 0. The second kappa shape index (κ2) is 5.76. The van der Waals surface area contributed by atoms with Gasteiger partial charge in [-0.1, -0.05) is 12.1 Å². The van der Waals surface area contributed by atoms with Gasteiger partial charge in [0.2, 0.25) is 5.91 Å². The fraction of sp³-hybridized carbons (Fsp3) is 0.500. The summed E-state index contributed by atoms with van der Waals surface area (Å²) in [7, 11) is 0. The number of ether oxygens (including phenoxy) is 1. The molecule has 2 amide bonds. The Morgan fingerprint density at radius 3 is 2.81 bits per heavy atom. The van der Waals surface area contributed by atoms with Crippen molar-refractivity contribution in [3.63, 3.8) is 0 Å². The summed E-state index contributed by atoms with van der Waals surface area (Å²) in [4.78, 5) is 27.6. The van der Waals surface area contributed by atoms with E-state index in [1.54, 1.807) is 4.90 Å². The number of hydrogen-bond donors (Lipinski definition) is 0. The third-order valence-corrected chi connectivity index (χ3v) is 3.95. The van der Waals surface area contributed by atoms with Crippen LogP contribution >= 0.6 is 0 Å². The Labute approximate surface area is 124 Å². The van der Waals surface area contributed by atoms with E-state index in [1.807, 2.05) is 36.1 Å². The number of benzene rings is 1. The van der Waals surface area contributed by atoms with Gasteiger partial charge in [-0.25, -0.2) is 0 Å². The van der Waals surface area contributed by atoms with E-state index in [2.05, 4.69) is 0 Å². The molecule has 1 saturated heterocycles. The summed E-state index contributed by atoms with van der Waals surface area (Å²) < 4.78 is 5.51. The van der Waals surface area contributed by atoms with Gasteiger partial charge in [0.25, 0.3) is 5.91 Å². The summed E-state index contributed by atoms with van der Waals surface area (Å²) >= 11 is 0. The highest BCUT2D eigenvalue weighted by Crippen LogP contribution is 2.28. The van der Waals surface area contributed by atoms with Crippen LogP contribution in [0.4, 0.5) is 0 Å². The maximum atomic E-state index is 12.1. The molecule has 0 N–H and O–H groups in total. The smallest absolute Gasteiger partial charge is 0.261 e. The lowest BCUT2D eigenvalue weighted by atomic mass is 10.2. The molecule has 0 spiro atoms. The topological polar surface area (TPSA) is 49.9 Å². The highest BCUT2D eigenvalue weighted by molar-refractivity contribution is 5.87. The molecule has 21 heavy (non-hydrogen) atoms. The molecule has 3 rings (SSSR count). The van der Waals surface area contributed by atoms with Gasteiger partial charge >= 0.3 is 0 Å². The molecule has 1 aromatic rings. The van der Waals surface area contributed by atoms with Crippen LogP contribution in [-0.4, -0.2) is 53.9 Å². The summed E-state index contributed by atoms with van der Waals surface area (Å²) in [5.41, 5.74) is 1.09. The van der Waals surface area contributed by atoms with Gasteiger partial charge in [-0.05, 0) is 37.5 Å². The second-order valence-electron chi connectivity index (χ2n) is 5.74. The van der Waals surface area contributed by atoms with Gasteiger partial charge in [-0.3, -0.25) is 9.59 Å². The molecule has 0 unspecified atom stereocenters. The largest absolute Gasteiger partial charge is 0.484 e. The summed E-state index contributed by atoms with van der Waals surface area (Å²) in [6, 6.07) is 8.02. The molecule has 1 saturated carbocycles. The Kier molecular flexibility index (Phi) is 3.82. The predicted molar refractivity (Wildman–Crippen MR) is 78.0 cm³/mol. The average Bonchev–Trinajstić information content (AvgIpc) is 3.29. The number of nitrogens with zero attached hydrogens (tertiary/aromatic N) is 2. The molecule has 0 atom stereocenters. The van der Waals surface area contributed by atoms with Crippen molar-refractivity contribution in [2.45, 2.75) is 25.8 Å². The Morgan fingerprint density at radius 2 is 2.14 bits per heavy atom. The SMILES string of the molecule is Cc1cccc(OCC(=O)N2CCN(C3CC3)C(=O)C2)c1. The molecular formula is C16H20N2O3. The van der Waals surface area contributed by atoms with Crippen LogP contribution in [0.3, 0.4) is 0 Å². The second-order valence-corrected chi connectivity index (χ2v) is 5.74. The van der Waals surface area contributed by atoms with Gasteiger partial charge < -0.3 is 14.5 Å². The standard InChI is InChI=1S/C16H20N2O3/c1-12-3-2-4-14(9-12)21-11-16(20)17-7-8-18(13-5-6-13)15(19)10-17/h2-4,9,13H,5-8,10-11H2,1H3. The van der Waals surface area contributed by atoms with Gasteiger partial charge in [0, 0.05) is 19.1 Å². The molecule has 0 aromatic heterocycles. The van der Waals surface area contributed by atoms with E-state index >= 15 is 0 Å². The van der Waals surface area contributed by atoms with Crippen molar-refractivity contribution in [2.75, 3.05) is 26.2 Å². The number of amides is 2. The van der Waals surface area contributed by atoms with E-state index in [0.29, 0.717) is 24.9 Å². The number of carbonyl (C=O) groups excluding carboxylic acids is 2. The molecule has 2 aliphatic rings. The predicted octanol–water partition coefficient (Wildman–Crippen LogP) is 1.21. The minimum absolute atomic E-state index is 0.0137. The van der Waals surface area contributed by atoms with Crippen LogP contribution in [0.5, 0.6) is 5.75 Å². The Bertz CT molecular complexity index is 554. The summed E-state index contributed by atoms with van der Waals surface area (Å²) in [5.74, 6) is 0.624. The van der Waals surface area contributed by atoms with E-state index in [9.17, 15) is 9.59 Å². The monoisotopic (exact) mass is 288 g/mol. The van der Waals surface area contributed by atoms with Crippen molar-refractivity contribution < 1.29 is 14.3 Å². The van der Waals surface area contributed by atoms with Crippen LogP contribution in [0.1, 0.15) is 18.4 Å². The first-order valence-corrected chi connectivity index (χ1v) is 7.40. The van der Waals surface area contributed by atoms with E-state index in [4.69, 9.17) is 4.74 Å². The minimum Gasteiger partial charge on any atom is -0.484 e. The van der Waals surface area contributed by atoms with Crippen LogP contribution < -0.4 is 4.74 Å². The molecule has 1 heterocycles. The first kappa shape index (κ1) is 13.9. The third-order valence-electron chi connectivity index (χ3n) is 3.95. The van der Waals surface area contributed by atoms with Crippen molar-refractivity contribution >= 4 is 11.8 Å². The van der Waals surface area contributed by atoms with Gasteiger partial charge in [0.1, 0.15) is 5.75 Å². The van der Waals surface area contributed by atoms with Crippen molar-refractivity contribution in [3.8, 4) is 5.75 Å². The molecule has 2 fully saturated rings. The van der Waals surface area contributed by atoms with Gasteiger partial charge in [0.15, 0.2) is 6.61 Å². The highest BCUT2D eigenvalue weighted by Gasteiger charge is 2.36. The number of piperazine rings is 1. The molecule has 5 nitrogen and oxygen atoms in total. The van der Waals surface area contributed by atoms with E-state index in [0.717, 1.165) is 18.4 Å². The Morgan fingerprint density at radius 1 is 1.33 bits per heavy atom. The van der Waals surface area contributed by atoms with E-state index < -0.39 is 0 Å². The zero-order chi connectivity index (χ0) is 14.8. The number of hydrogen-bond acceptors (Lipinski definition) is 3. The number of aryl methyl sites for hydroxylation is 1. The molecule has 0 bridgehead atoms. The van der Waals surface area contributed by atoms with Crippen molar-refractivity contribution in [1.82, 2.24) is 9.80 Å². The maximum Gasteiger partial charge on any atom is 0.261 e. The molecule has 0 radical (unpaired) electrons. The molecule has 5 heteroatoms. The van der Waals surface area contributed by atoms with Crippen LogP contribution in [0.25, 0.3) is 0 Å². The Balaban J connectivity index is 1.50. The third kappa shape index (κ3) is 3.35. The summed E-state index contributed by atoms with van der Waals surface area (Å²) in [6.07, 6.45) is 2.21. The minimum atomic E-state index is -0.125. The fourth-order valence-corrected chi connectivity index (χ4v) is 2.61. The Hall–Kier alpha value is -2.04. The van der Waals surface area contributed by atoms with Crippen LogP contribution in [0, 0.1) is 6.92 Å². The van der Waals surface area contributed by atoms with E-state index in [1.165, 1.54) is 0 Å². The normalized spacial score (nSPS) is 18.8. The lowest BCUT2D eigenvalue weighted by Crippen LogP contribution is -2.53.